The van der Waals surface area contributed by atoms with Gasteiger partial charge in [0.1, 0.15) is 0 Å². The molecule has 2 aliphatic rings. The molecule has 0 unspecified atom stereocenters. The number of amides is 2. The fraction of sp³-hybridized carbons (Fsp3) is 0.231. The second kappa shape index (κ2) is 9.89. The van der Waals surface area contributed by atoms with E-state index in [1.165, 1.54) is 28.8 Å². The van der Waals surface area contributed by atoms with Crippen molar-refractivity contribution in [1.82, 2.24) is 14.9 Å². The molecule has 1 fully saturated rings. The second-order valence-electron chi connectivity index (χ2n) is 8.61. The van der Waals surface area contributed by atoms with E-state index in [4.69, 9.17) is 0 Å². The molecule has 37 heavy (non-hydrogen) atoms. The van der Waals surface area contributed by atoms with E-state index in [1.54, 1.807) is 54.7 Å². The van der Waals surface area contributed by atoms with Crippen molar-refractivity contribution in [2.75, 3.05) is 43.0 Å². The summed E-state index contributed by atoms with van der Waals surface area (Å²) in [5, 5.41) is 0. The van der Waals surface area contributed by atoms with Crippen LogP contribution in [0.3, 0.4) is 0 Å². The van der Waals surface area contributed by atoms with E-state index in [2.05, 4.69) is 9.97 Å². The minimum absolute atomic E-state index is 0.117. The predicted molar refractivity (Wildman–Crippen MR) is 135 cm³/mol. The van der Waals surface area contributed by atoms with Gasteiger partial charge in [0, 0.05) is 56.1 Å². The fourth-order valence-electron chi connectivity index (χ4n) is 4.19. The average molecular weight is 526 g/mol. The number of nitrogens with zero attached hydrogens (tertiary/aromatic N) is 5. The van der Waals surface area contributed by atoms with Crippen LogP contribution in [0.25, 0.3) is 6.08 Å². The number of likely N-dealkylation sites (N-methyl/N-ethyl adjacent to an activating group) is 1. The van der Waals surface area contributed by atoms with E-state index in [0.717, 1.165) is 17.0 Å². The molecular formula is C26H22F3N5O2S. The number of fused-ring (bicyclic) bond motifs is 1. The van der Waals surface area contributed by atoms with Crippen molar-refractivity contribution in [2.24, 2.45) is 0 Å². The van der Waals surface area contributed by atoms with Crippen molar-refractivity contribution in [3.63, 3.8) is 0 Å². The molecule has 3 aromatic rings. The molecule has 2 aromatic carbocycles. The van der Waals surface area contributed by atoms with Gasteiger partial charge in [-0.3, -0.25) is 9.59 Å². The monoisotopic (exact) mass is 525 g/mol. The zero-order chi connectivity index (χ0) is 26.2. The molecule has 3 heterocycles. The predicted octanol–water partition coefficient (Wildman–Crippen LogP) is 4.57. The van der Waals surface area contributed by atoms with Gasteiger partial charge in [0.05, 0.1) is 16.2 Å². The molecule has 0 bridgehead atoms. The lowest BCUT2D eigenvalue weighted by Crippen LogP contribution is -2.49. The third-order valence-electron chi connectivity index (χ3n) is 6.24. The molecule has 11 heteroatoms. The van der Waals surface area contributed by atoms with Crippen molar-refractivity contribution in [1.29, 1.82) is 0 Å². The summed E-state index contributed by atoms with van der Waals surface area (Å²) in [7, 11) is 1.62. The summed E-state index contributed by atoms with van der Waals surface area (Å²) in [5.74, 6) is 0.229. The highest BCUT2D eigenvalue weighted by atomic mass is 32.2. The lowest BCUT2D eigenvalue weighted by atomic mass is 10.1. The quantitative estimate of drug-likeness (QED) is 0.467. The second-order valence-corrected chi connectivity index (χ2v) is 9.69. The van der Waals surface area contributed by atoms with Crippen LogP contribution >= 0.6 is 11.8 Å². The molecule has 0 atom stereocenters. The van der Waals surface area contributed by atoms with Crippen LogP contribution in [0.1, 0.15) is 21.5 Å². The Labute approximate surface area is 215 Å². The number of halogens is 3. The highest BCUT2D eigenvalue weighted by molar-refractivity contribution is 8.04. The highest BCUT2D eigenvalue weighted by Crippen LogP contribution is 2.42. The number of alkyl halides is 3. The molecule has 5 rings (SSSR count). The number of anilines is 2. The van der Waals surface area contributed by atoms with Gasteiger partial charge in [0.15, 0.2) is 0 Å². The topological polar surface area (TPSA) is 69.6 Å². The Kier molecular flexibility index (Phi) is 6.63. The molecule has 2 aliphatic heterocycles. The first-order valence-electron chi connectivity index (χ1n) is 11.5. The molecule has 1 aromatic heterocycles. The van der Waals surface area contributed by atoms with Crippen LogP contribution < -0.4 is 9.80 Å². The van der Waals surface area contributed by atoms with Gasteiger partial charge in [-0.1, -0.05) is 23.9 Å². The van der Waals surface area contributed by atoms with Crippen molar-refractivity contribution in [3.05, 3.63) is 82.5 Å². The minimum Gasteiger partial charge on any atom is -0.337 e. The Hall–Kier alpha value is -3.86. The summed E-state index contributed by atoms with van der Waals surface area (Å²) in [6.45, 7) is 2.29. The van der Waals surface area contributed by atoms with Crippen LogP contribution in [0.15, 0.2) is 70.7 Å². The number of carbonyl (C=O) groups excluding carboxylic acids is 2. The smallest absolute Gasteiger partial charge is 0.337 e. The zero-order valence-corrected chi connectivity index (χ0v) is 20.6. The molecule has 0 radical (unpaired) electrons. The molecule has 0 aliphatic carbocycles. The lowest BCUT2D eigenvalue weighted by molar-refractivity contribution is -0.137. The van der Waals surface area contributed by atoms with Crippen molar-refractivity contribution in [3.8, 4) is 0 Å². The average Bonchev–Trinajstić information content (AvgIpc) is 2.91. The lowest BCUT2D eigenvalue weighted by Gasteiger charge is -2.35. The van der Waals surface area contributed by atoms with Gasteiger partial charge in [0.25, 0.3) is 11.8 Å². The van der Waals surface area contributed by atoms with E-state index >= 15 is 0 Å². The van der Waals surface area contributed by atoms with Gasteiger partial charge in [-0.2, -0.15) is 13.2 Å². The van der Waals surface area contributed by atoms with Gasteiger partial charge < -0.3 is 14.7 Å². The first-order valence-corrected chi connectivity index (χ1v) is 12.3. The van der Waals surface area contributed by atoms with Gasteiger partial charge >= 0.3 is 6.18 Å². The van der Waals surface area contributed by atoms with E-state index in [0.29, 0.717) is 53.8 Å². The van der Waals surface area contributed by atoms with Crippen molar-refractivity contribution >= 4 is 41.3 Å². The number of aromatic nitrogens is 2. The van der Waals surface area contributed by atoms with Crippen molar-refractivity contribution in [2.45, 2.75) is 11.1 Å². The summed E-state index contributed by atoms with van der Waals surface area (Å²) in [6.07, 6.45) is 0.528. The fourth-order valence-corrected chi connectivity index (χ4v) is 5.29. The third kappa shape index (κ3) is 5.17. The highest BCUT2D eigenvalue weighted by Gasteiger charge is 2.31. The molecule has 0 spiro atoms. The molecule has 190 valence electrons. The normalized spacial score (nSPS) is 17.2. The van der Waals surface area contributed by atoms with Crippen LogP contribution in [-0.2, 0) is 11.0 Å². The van der Waals surface area contributed by atoms with E-state index in [1.807, 2.05) is 4.90 Å². The van der Waals surface area contributed by atoms with Crippen LogP contribution in [0.4, 0.5) is 24.8 Å². The summed E-state index contributed by atoms with van der Waals surface area (Å²) in [5.41, 5.74) is 0.847. The summed E-state index contributed by atoms with van der Waals surface area (Å²) in [6, 6.07) is 11.7. The molecule has 7 nitrogen and oxygen atoms in total. The maximum atomic E-state index is 13.2. The van der Waals surface area contributed by atoms with E-state index < -0.39 is 11.7 Å². The van der Waals surface area contributed by atoms with Crippen LogP contribution in [-0.4, -0.2) is 59.9 Å². The number of rotatable bonds is 3. The standard InChI is InChI=1S/C26H22F3N5O2S/c1-32-20-16-18(23(35)33-11-13-34(14-12-33)25-30-9-2-10-31-25)5-8-21(20)37-22(24(32)36)15-17-3-6-19(7-4-17)26(27,28)29/h2-10,15-16H,11-14H2,1H3. The van der Waals surface area contributed by atoms with Crippen LogP contribution in [0.5, 0.6) is 0 Å². The van der Waals surface area contributed by atoms with Gasteiger partial charge in [-0.15, -0.1) is 0 Å². The largest absolute Gasteiger partial charge is 0.416 e. The van der Waals surface area contributed by atoms with Gasteiger partial charge in [0.2, 0.25) is 5.95 Å². The van der Waals surface area contributed by atoms with Gasteiger partial charge in [-0.05, 0) is 48.0 Å². The van der Waals surface area contributed by atoms with E-state index in [-0.39, 0.29) is 11.8 Å². The first kappa shape index (κ1) is 24.8. The number of benzene rings is 2. The molecule has 0 N–H and O–H groups in total. The zero-order valence-electron chi connectivity index (χ0n) is 19.8. The maximum Gasteiger partial charge on any atom is 0.416 e. The number of carbonyl (C=O) groups is 2. The third-order valence-corrected chi connectivity index (χ3v) is 7.32. The Balaban J connectivity index is 1.30. The molecule has 2 amide bonds. The maximum absolute atomic E-state index is 13.2. The molecular weight excluding hydrogens is 503 g/mol. The van der Waals surface area contributed by atoms with E-state index in [9.17, 15) is 22.8 Å². The molecule has 0 saturated carbocycles. The summed E-state index contributed by atoms with van der Waals surface area (Å²) < 4.78 is 38.5. The minimum atomic E-state index is -4.42. The van der Waals surface area contributed by atoms with Crippen molar-refractivity contribution < 1.29 is 22.8 Å². The summed E-state index contributed by atoms with van der Waals surface area (Å²) in [4.78, 5) is 41.2. The SMILES string of the molecule is CN1C(=O)C(=Cc2ccc(C(F)(F)F)cc2)Sc2ccc(C(=O)N3CCN(c4ncccn4)CC3)cc21. The Bertz CT molecular complexity index is 1350. The van der Waals surface area contributed by atoms with Crippen LogP contribution in [0, 0.1) is 0 Å². The Morgan fingerprint density at radius 2 is 1.68 bits per heavy atom. The first-order chi connectivity index (χ1) is 17.7. The molecule has 1 saturated heterocycles. The number of thioether (sulfide) groups is 1. The van der Waals surface area contributed by atoms with Crippen LogP contribution in [0.2, 0.25) is 0 Å². The number of hydrogen-bond acceptors (Lipinski definition) is 6. The van der Waals surface area contributed by atoms with Gasteiger partial charge in [-0.25, -0.2) is 9.97 Å². The Morgan fingerprint density at radius 1 is 1.00 bits per heavy atom. The summed E-state index contributed by atoms with van der Waals surface area (Å²) >= 11 is 1.23. The number of hydrogen-bond donors (Lipinski definition) is 0. The Morgan fingerprint density at radius 3 is 2.32 bits per heavy atom. The number of piperazine rings is 1.